The van der Waals surface area contributed by atoms with E-state index in [4.69, 9.17) is 9.47 Å². The minimum Gasteiger partial charge on any atom is -0.489 e. The third-order valence-corrected chi connectivity index (χ3v) is 3.82. The summed E-state index contributed by atoms with van der Waals surface area (Å²) in [5.41, 5.74) is 0. The molecule has 0 bridgehead atoms. The monoisotopic (exact) mass is 355 g/mol. The number of aliphatic imine (C=N–C) groups is 1. The zero-order valence-electron chi connectivity index (χ0n) is 14.9. The Bertz CT molecular complexity index is 565. The molecule has 0 spiro atoms. The van der Waals surface area contributed by atoms with Gasteiger partial charge in [0.15, 0.2) is 17.5 Å². The van der Waals surface area contributed by atoms with Crippen molar-refractivity contribution in [1.82, 2.24) is 10.2 Å². The lowest BCUT2D eigenvalue weighted by Gasteiger charge is -2.22. The van der Waals surface area contributed by atoms with E-state index >= 15 is 0 Å². The Morgan fingerprint density at radius 1 is 1.32 bits per heavy atom. The zero-order valence-corrected chi connectivity index (χ0v) is 14.9. The van der Waals surface area contributed by atoms with Crippen LogP contribution in [0.1, 0.15) is 19.8 Å². The highest BCUT2D eigenvalue weighted by molar-refractivity contribution is 5.79. The lowest BCUT2D eigenvalue weighted by Crippen LogP contribution is -2.40. The molecule has 0 unspecified atom stereocenters. The zero-order chi connectivity index (χ0) is 18.1. The maximum atomic E-state index is 13.5. The molecule has 0 saturated heterocycles. The Labute approximate surface area is 148 Å². The Morgan fingerprint density at radius 3 is 2.80 bits per heavy atom. The number of guanidine groups is 1. The van der Waals surface area contributed by atoms with E-state index in [9.17, 15) is 8.78 Å². The van der Waals surface area contributed by atoms with Crippen molar-refractivity contribution >= 4 is 5.96 Å². The van der Waals surface area contributed by atoms with Gasteiger partial charge in [-0.05, 0) is 37.8 Å². The van der Waals surface area contributed by atoms with E-state index in [2.05, 4.69) is 10.3 Å². The molecule has 1 aliphatic rings. The van der Waals surface area contributed by atoms with Crippen LogP contribution in [0.15, 0.2) is 23.2 Å². The van der Waals surface area contributed by atoms with Crippen molar-refractivity contribution in [3.05, 3.63) is 29.8 Å². The van der Waals surface area contributed by atoms with E-state index in [1.54, 1.807) is 0 Å². The van der Waals surface area contributed by atoms with Crippen LogP contribution in [0.25, 0.3) is 0 Å². The van der Waals surface area contributed by atoms with Crippen LogP contribution in [-0.4, -0.2) is 57.4 Å². The Kier molecular flexibility index (Phi) is 7.91. The third-order valence-electron chi connectivity index (χ3n) is 3.82. The highest BCUT2D eigenvalue weighted by atomic mass is 19.1. The summed E-state index contributed by atoms with van der Waals surface area (Å²) in [6.07, 6.45) is 2.57. The van der Waals surface area contributed by atoms with Gasteiger partial charge in [0.05, 0.1) is 13.2 Å². The summed E-state index contributed by atoms with van der Waals surface area (Å²) in [4.78, 5) is 6.45. The molecule has 0 heterocycles. The SMILES string of the molecule is CCNC(=NCCOc1ccc(F)cc1F)N(C)CCOCC1CC1. The molecule has 1 fully saturated rings. The van der Waals surface area contributed by atoms with Crippen LogP contribution in [0.3, 0.4) is 0 Å². The smallest absolute Gasteiger partial charge is 0.193 e. The molecule has 1 aliphatic carbocycles. The van der Waals surface area contributed by atoms with E-state index in [-0.39, 0.29) is 12.4 Å². The van der Waals surface area contributed by atoms with Crippen molar-refractivity contribution in [1.29, 1.82) is 0 Å². The molecular formula is C18H27F2N3O2. The first kappa shape index (κ1) is 19.4. The maximum Gasteiger partial charge on any atom is 0.193 e. The van der Waals surface area contributed by atoms with Crippen LogP contribution in [0.2, 0.25) is 0 Å². The molecule has 25 heavy (non-hydrogen) atoms. The topological polar surface area (TPSA) is 46.1 Å². The fourth-order valence-corrected chi connectivity index (χ4v) is 2.21. The molecule has 0 atom stereocenters. The minimum atomic E-state index is -0.708. The number of benzene rings is 1. The summed E-state index contributed by atoms with van der Waals surface area (Å²) < 4.78 is 37.3. The van der Waals surface area contributed by atoms with Crippen molar-refractivity contribution in [2.24, 2.45) is 10.9 Å². The number of rotatable bonds is 10. The van der Waals surface area contributed by atoms with Gasteiger partial charge >= 0.3 is 0 Å². The second-order valence-electron chi connectivity index (χ2n) is 6.10. The van der Waals surface area contributed by atoms with Crippen LogP contribution < -0.4 is 10.1 Å². The maximum absolute atomic E-state index is 13.5. The van der Waals surface area contributed by atoms with Crippen LogP contribution in [-0.2, 0) is 4.74 Å². The van der Waals surface area contributed by atoms with Crippen LogP contribution >= 0.6 is 0 Å². The van der Waals surface area contributed by atoms with Crippen molar-refractivity contribution in [2.75, 3.05) is 46.5 Å². The number of halogens is 2. The van der Waals surface area contributed by atoms with E-state index in [0.29, 0.717) is 13.2 Å². The van der Waals surface area contributed by atoms with Crippen molar-refractivity contribution in [3.63, 3.8) is 0 Å². The second kappa shape index (κ2) is 10.2. The average molecular weight is 355 g/mol. The van der Waals surface area contributed by atoms with Gasteiger partial charge in [-0.15, -0.1) is 0 Å². The van der Waals surface area contributed by atoms with Crippen LogP contribution in [0.4, 0.5) is 8.78 Å². The lowest BCUT2D eigenvalue weighted by atomic mass is 10.3. The highest BCUT2D eigenvalue weighted by Crippen LogP contribution is 2.28. The van der Waals surface area contributed by atoms with E-state index in [1.807, 2.05) is 18.9 Å². The first-order valence-corrected chi connectivity index (χ1v) is 8.75. The lowest BCUT2D eigenvalue weighted by molar-refractivity contribution is 0.115. The molecule has 0 amide bonds. The van der Waals surface area contributed by atoms with Gasteiger partial charge in [-0.1, -0.05) is 0 Å². The fourth-order valence-electron chi connectivity index (χ4n) is 2.21. The van der Waals surface area contributed by atoms with Gasteiger partial charge in [-0.25, -0.2) is 13.8 Å². The number of hydrogen-bond donors (Lipinski definition) is 1. The first-order chi connectivity index (χ1) is 12.1. The van der Waals surface area contributed by atoms with Crippen molar-refractivity contribution < 1.29 is 18.3 Å². The van der Waals surface area contributed by atoms with Crippen LogP contribution in [0, 0.1) is 17.6 Å². The molecule has 1 saturated carbocycles. The van der Waals surface area contributed by atoms with E-state index in [0.717, 1.165) is 37.6 Å². The summed E-state index contributed by atoms with van der Waals surface area (Å²) in [7, 11) is 1.95. The van der Waals surface area contributed by atoms with Crippen molar-refractivity contribution in [3.8, 4) is 5.75 Å². The summed E-state index contributed by atoms with van der Waals surface area (Å²) in [5.74, 6) is 0.212. The van der Waals surface area contributed by atoms with Gasteiger partial charge < -0.3 is 19.7 Å². The number of ether oxygens (including phenoxy) is 2. The Hall–Kier alpha value is -1.89. The van der Waals surface area contributed by atoms with E-state index in [1.165, 1.54) is 25.0 Å². The predicted octanol–water partition coefficient (Wildman–Crippen LogP) is 2.67. The largest absolute Gasteiger partial charge is 0.489 e. The molecule has 0 radical (unpaired) electrons. The van der Waals surface area contributed by atoms with Crippen molar-refractivity contribution in [2.45, 2.75) is 19.8 Å². The summed E-state index contributed by atoms with van der Waals surface area (Å²) in [6.45, 7) is 5.58. The van der Waals surface area contributed by atoms with Gasteiger partial charge in [0.1, 0.15) is 12.4 Å². The van der Waals surface area contributed by atoms with Gasteiger partial charge in [0.25, 0.3) is 0 Å². The number of likely N-dealkylation sites (N-methyl/N-ethyl adjacent to an activating group) is 1. The number of hydrogen-bond acceptors (Lipinski definition) is 3. The molecule has 5 nitrogen and oxygen atoms in total. The summed E-state index contributed by atoms with van der Waals surface area (Å²) in [5, 5.41) is 3.20. The van der Waals surface area contributed by atoms with Gasteiger partial charge in [-0.3, -0.25) is 0 Å². The molecule has 0 aromatic heterocycles. The number of nitrogens with one attached hydrogen (secondary N) is 1. The quantitative estimate of drug-likeness (QED) is 0.398. The molecule has 1 N–H and O–H groups in total. The first-order valence-electron chi connectivity index (χ1n) is 8.75. The third kappa shape index (κ3) is 7.25. The summed E-state index contributed by atoms with van der Waals surface area (Å²) >= 11 is 0. The molecule has 0 aliphatic heterocycles. The van der Waals surface area contributed by atoms with Gasteiger partial charge in [0, 0.05) is 32.8 Å². The minimum absolute atomic E-state index is 0.0310. The molecule has 7 heteroatoms. The molecule has 1 aromatic rings. The van der Waals surface area contributed by atoms with Gasteiger partial charge in [0.2, 0.25) is 0 Å². The molecular weight excluding hydrogens is 328 g/mol. The average Bonchev–Trinajstić information content (AvgIpc) is 3.40. The normalized spacial score (nSPS) is 14.5. The number of nitrogens with zero attached hydrogens (tertiary/aromatic N) is 2. The second-order valence-corrected chi connectivity index (χ2v) is 6.10. The molecule has 2 rings (SSSR count). The van der Waals surface area contributed by atoms with Crippen LogP contribution in [0.5, 0.6) is 5.75 Å². The van der Waals surface area contributed by atoms with Gasteiger partial charge in [-0.2, -0.15) is 0 Å². The highest BCUT2D eigenvalue weighted by Gasteiger charge is 2.21. The Morgan fingerprint density at radius 2 is 2.12 bits per heavy atom. The summed E-state index contributed by atoms with van der Waals surface area (Å²) in [6, 6.07) is 3.25. The Balaban J connectivity index is 1.73. The molecule has 1 aromatic carbocycles. The standard InChI is InChI=1S/C18H27F2N3O2/c1-3-21-18(23(2)9-11-24-13-14-4-5-14)22-8-10-25-17-7-6-15(19)12-16(17)20/h6-7,12,14H,3-5,8-11,13H2,1-2H3,(H,21,22). The predicted molar refractivity (Wildman–Crippen MR) is 94.0 cm³/mol. The molecule has 140 valence electrons. The fraction of sp³-hybridized carbons (Fsp3) is 0.611. The van der Waals surface area contributed by atoms with E-state index < -0.39 is 11.6 Å².